The highest BCUT2D eigenvalue weighted by molar-refractivity contribution is 6.32. The van der Waals surface area contributed by atoms with Gasteiger partial charge in [-0.25, -0.2) is 0 Å². The second-order valence-corrected chi connectivity index (χ2v) is 5.68. The van der Waals surface area contributed by atoms with Gasteiger partial charge in [-0.2, -0.15) is 10.2 Å². The van der Waals surface area contributed by atoms with Crippen LogP contribution in [0, 0.1) is 18.3 Å². The molecular formula is C15H16ClN5O. The smallest absolute Gasteiger partial charge is 0.223 e. The van der Waals surface area contributed by atoms with Gasteiger partial charge in [0.25, 0.3) is 0 Å². The van der Waals surface area contributed by atoms with Crippen molar-refractivity contribution in [3.8, 4) is 6.07 Å². The molecule has 6 nitrogen and oxygen atoms in total. The van der Waals surface area contributed by atoms with Gasteiger partial charge in [0.05, 0.1) is 17.1 Å². The van der Waals surface area contributed by atoms with Crippen LogP contribution in [0.1, 0.15) is 17.3 Å². The molecule has 7 heteroatoms. The molecule has 1 aliphatic heterocycles. The van der Waals surface area contributed by atoms with Crippen LogP contribution in [0.4, 0.5) is 5.69 Å². The zero-order chi connectivity index (χ0) is 15.5. The van der Waals surface area contributed by atoms with Gasteiger partial charge in [0, 0.05) is 38.8 Å². The Bertz CT molecular complexity index is 700. The minimum atomic E-state index is 0.504. The number of aryl methyl sites for hydroxylation is 1. The Morgan fingerprint density at radius 3 is 2.68 bits per heavy atom. The second-order valence-electron chi connectivity index (χ2n) is 5.27. The predicted octanol–water partition coefficient (Wildman–Crippen LogP) is 2.23. The van der Waals surface area contributed by atoms with E-state index in [9.17, 15) is 0 Å². The summed E-state index contributed by atoms with van der Waals surface area (Å²) in [6.07, 6.45) is 0. The van der Waals surface area contributed by atoms with Crippen LogP contribution in [0.2, 0.25) is 5.02 Å². The molecule has 3 rings (SSSR count). The standard InChI is InChI=1S/C15H16ClN5O/c1-11-18-15(19-22-11)10-20-4-6-21(7-5-20)13-3-2-12(9-17)14(16)8-13/h2-3,8H,4-7,10H2,1H3. The highest BCUT2D eigenvalue weighted by Crippen LogP contribution is 2.24. The number of piperazine rings is 1. The summed E-state index contributed by atoms with van der Waals surface area (Å²) in [6, 6.07) is 7.66. The van der Waals surface area contributed by atoms with E-state index in [1.165, 1.54) is 0 Å². The number of hydrogen-bond donors (Lipinski definition) is 0. The zero-order valence-corrected chi connectivity index (χ0v) is 13.0. The van der Waals surface area contributed by atoms with E-state index >= 15 is 0 Å². The summed E-state index contributed by atoms with van der Waals surface area (Å²) < 4.78 is 4.99. The van der Waals surface area contributed by atoms with Crippen molar-refractivity contribution in [2.45, 2.75) is 13.5 Å². The van der Waals surface area contributed by atoms with Crippen molar-refractivity contribution in [3.63, 3.8) is 0 Å². The molecule has 0 radical (unpaired) electrons. The van der Waals surface area contributed by atoms with E-state index < -0.39 is 0 Å². The molecule has 1 aromatic carbocycles. The highest BCUT2D eigenvalue weighted by atomic mass is 35.5. The number of aromatic nitrogens is 2. The molecule has 1 aromatic heterocycles. The Hall–Kier alpha value is -2.10. The van der Waals surface area contributed by atoms with Crippen LogP contribution in [0.15, 0.2) is 22.7 Å². The van der Waals surface area contributed by atoms with Gasteiger partial charge in [0.1, 0.15) is 6.07 Å². The van der Waals surface area contributed by atoms with E-state index in [0.717, 1.165) is 37.7 Å². The van der Waals surface area contributed by atoms with Crippen LogP contribution in [0.25, 0.3) is 0 Å². The highest BCUT2D eigenvalue weighted by Gasteiger charge is 2.19. The molecule has 0 amide bonds. The average molecular weight is 318 g/mol. The van der Waals surface area contributed by atoms with E-state index in [2.05, 4.69) is 26.0 Å². The van der Waals surface area contributed by atoms with Crippen LogP contribution >= 0.6 is 11.6 Å². The third-order valence-corrected chi connectivity index (χ3v) is 4.06. The monoisotopic (exact) mass is 317 g/mol. The third-order valence-electron chi connectivity index (χ3n) is 3.75. The first-order valence-electron chi connectivity index (χ1n) is 7.12. The van der Waals surface area contributed by atoms with E-state index in [1.54, 1.807) is 13.0 Å². The maximum absolute atomic E-state index is 8.92. The average Bonchev–Trinajstić information content (AvgIpc) is 2.93. The molecular weight excluding hydrogens is 302 g/mol. The lowest BCUT2D eigenvalue weighted by molar-refractivity contribution is 0.240. The summed E-state index contributed by atoms with van der Waals surface area (Å²) in [5, 5.41) is 13.4. The molecule has 0 bridgehead atoms. The Balaban J connectivity index is 1.59. The number of anilines is 1. The van der Waals surface area contributed by atoms with Gasteiger partial charge in [0.15, 0.2) is 5.82 Å². The molecule has 114 valence electrons. The number of rotatable bonds is 3. The molecule has 0 N–H and O–H groups in total. The first kappa shape index (κ1) is 14.8. The van der Waals surface area contributed by atoms with E-state index in [-0.39, 0.29) is 0 Å². The number of nitriles is 1. The maximum atomic E-state index is 8.92. The molecule has 0 saturated carbocycles. The van der Waals surface area contributed by atoms with Gasteiger partial charge in [-0.05, 0) is 18.2 Å². The lowest BCUT2D eigenvalue weighted by Crippen LogP contribution is -2.46. The first-order chi connectivity index (χ1) is 10.7. The van der Waals surface area contributed by atoms with Crippen LogP contribution in [0.3, 0.4) is 0 Å². The molecule has 1 aliphatic rings. The molecule has 0 aliphatic carbocycles. The van der Waals surface area contributed by atoms with Gasteiger partial charge < -0.3 is 9.42 Å². The van der Waals surface area contributed by atoms with Crippen LogP contribution < -0.4 is 4.90 Å². The lowest BCUT2D eigenvalue weighted by Gasteiger charge is -2.35. The fourth-order valence-corrected chi connectivity index (χ4v) is 2.78. The zero-order valence-electron chi connectivity index (χ0n) is 12.3. The minimum absolute atomic E-state index is 0.504. The van der Waals surface area contributed by atoms with E-state index in [4.69, 9.17) is 21.4 Å². The SMILES string of the molecule is Cc1nc(CN2CCN(c3ccc(C#N)c(Cl)c3)CC2)no1. The largest absolute Gasteiger partial charge is 0.369 e. The lowest BCUT2D eigenvalue weighted by atomic mass is 10.2. The normalized spacial score (nSPS) is 15.8. The van der Waals surface area contributed by atoms with Gasteiger partial charge in [-0.1, -0.05) is 16.8 Å². The first-order valence-corrected chi connectivity index (χ1v) is 7.49. The molecule has 2 heterocycles. The van der Waals surface area contributed by atoms with Crippen molar-refractivity contribution in [1.29, 1.82) is 5.26 Å². The number of hydrogen-bond acceptors (Lipinski definition) is 6. The third kappa shape index (κ3) is 3.21. The summed E-state index contributed by atoms with van der Waals surface area (Å²) in [5.41, 5.74) is 1.57. The summed E-state index contributed by atoms with van der Waals surface area (Å²) >= 11 is 6.10. The fourth-order valence-electron chi connectivity index (χ4n) is 2.56. The maximum Gasteiger partial charge on any atom is 0.223 e. The number of benzene rings is 1. The fraction of sp³-hybridized carbons (Fsp3) is 0.400. The Morgan fingerprint density at radius 2 is 2.09 bits per heavy atom. The summed E-state index contributed by atoms with van der Waals surface area (Å²) in [4.78, 5) is 8.80. The van der Waals surface area contributed by atoms with E-state index in [0.29, 0.717) is 23.0 Å². The summed E-state index contributed by atoms with van der Waals surface area (Å²) in [6.45, 7) is 6.15. The van der Waals surface area contributed by atoms with Crippen LogP contribution in [-0.2, 0) is 6.54 Å². The van der Waals surface area contributed by atoms with Crippen molar-refractivity contribution < 1.29 is 4.52 Å². The summed E-state index contributed by atoms with van der Waals surface area (Å²) in [5.74, 6) is 1.33. The van der Waals surface area contributed by atoms with Crippen molar-refractivity contribution in [2.24, 2.45) is 0 Å². The molecule has 2 aromatic rings. The molecule has 22 heavy (non-hydrogen) atoms. The Kier molecular flexibility index (Phi) is 4.27. The minimum Gasteiger partial charge on any atom is -0.369 e. The van der Waals surface area contributed by atoms with Crippen molar-refractivity contribution in [3.05, 3.63) is 40.5 Å². The van der Waals surface area contributed by atoms with Gasteiger partial charge in [-0.3, -0.25) is 4.90 Å². The molecule has 1 fully saturated rings. The number of nitrogens with zero attached hydrogens (tertiary/aromatic N) is 5. The second kappa shape index (κ2) is 6.34. The van der Waals surface area contributed by atoms with Gasteiger partial charge in [-0.15, -0.1) is 0 Å². The molecule has 0 atom stereocenters. The van der Waals surface area contributed by atoms with Crippen LogP contribution in [0.5, 0.6) is 0 Å². The Morgan fingerprint density at radius 1 is 1.32 bits per heavy atom. The molecule has 0 spiro atoms. The molecule has 0 unspecified atom stereocenters. The van der Waals surface area contributed by atoms with Crippen molar-refractivity contribution >= 4 is 17.3 Å². The van der Waals surface area contributed by atoms with Gasteiger partial charge >= 0.3 is 0 Å². The quantitative estimate of drug-likeness (QED) is 0.864. The molecule has 1 saturated heterocycles. The van der Waals surface area contributed by atoms with Crippen LogP contribution in [-0.4, -0.2) is 41.2 Å². The van der Waals surface area contributed by atoms with Crippen molar-refractivity contribution in [2.75, 3.05) is 31.1 Å². The van der Waals surface area contributed by atoms with Gasteiger partial charge in [0.2, 0.25) is 5.89 Å². The van der Waals surface area contributed by atoms with Crippen molar-refractivity contribution in [1.82, 2.24) is 15.0 Å². The summed E-state index contributed by atoms with van der Waals surface area (Å²) in [7, 11) is 0. The predicted molar refractivity (Wildman–Crippen MR) is 82.7 cm³/mol. The topological polar surface area (TPSA) is 69.2 Å². The Labute approximate surface area is 133 Å². The van der Waals surface area contributed by atoms with E-state index in [1.807, 2.05) is 12.1 Å². The number of halogens is 1.